The van der Waals surface area contributed by atoms with Crippen molar-refractivity contribution in [3.63, 3.8) is 0 Å². The molecule has 0 bridgehead atoms. The number of aromatic hydroxyl groups is 1. The number of aliphatic imine (C=N–C) groups is 1. The van der Waals surface area contributed by atoms with Gasteiger partial charge < -0.3 is 20.7 Å². The summed E-state index contributed by atoms with van der Waals surface area (Å²) in [6.45, 7) is 5.71. The Kier molecular flexibility index (Phi) is 17.7. The molecule has 4 rings (SSSR count). The van der Waals surface area contributed by atoms with Crippen molar-refractivity contribution in [2.75, 3.05) is 13.1 Å². The summed E-state index contributed by atoms with van der Waals surface area (Å²) in [6.07, 6.45) is 24.8. The van der Waals surface area contributed by atoms with Gasteiger partial charge in [-0.3, -0.25) is 14.4 Å². The van der Waals surface area contributed by atoms with Crippen LogP contribution in [0.1, 0.15) is 184 Å². The van der Waals surface area contributed by atoms with Crippen molar-refractivity contribution < 1.29 is 19.5 Å². The van der Waals surface area contributed by atoms with Crippen LogP contribution in [-0.2, 0) is 0 Å². The van der Waals surface area contributed by atoms with E-state index in [9.17, 15) is 19.5 Å². The van der Waals surface area contributed by atoms with Gasteiger partial charge in [0.05, 0.1) is 22.5 Å². The topological polar surface area (TPSA) is 124 Å². The number of benzene rings is 2. The minimum atomic E-state index is -0.483. The zero-order chi connectivity index (χ0) is 37.0. The molecule has 0 fully saturated rings. The van der Waals surface area contributed by atoms with Crippen LogP contribution in [0.5, 0.6) is 5.88 Å². The van der Waals surface area contributed by atoms with Crippen molar-refractivity contribution in [2.24, 2.45) is 4.99 Å². The highest BCUT2D eigenvalue weighted by Crippen LogP contribution is 2.38. The number of fused-ring (bicyclic) bond motifs is 1. The standard InChI is InChI=1S/C44H62N4O4/c1-3-5-7-9-11-13-15-17-19-21-29-45-41(49)35-27-23-25-33(31-35)39-37-38(44(52)47-39)40(48-43(37)51)34-26-24-28-36(32-34)42(50)46-30-22-20-18-16-14-12-10-8-6-4-2/h23-28,31-32,47,52H,3-22,29-30H2,1-2H3,(H,45,49)(H,46,50). The average molecular weight is 711 g/mol. The van der Waals surface area contributed by atoms with Gasteiger partial charge >= 0.3 is 0 Å². The number of aromatic amines is 1. The predicted octanol–water partition coefficient (Wildman–Crippen LogP) is 10.7. The molecule has 0 spiro atoms. The van der Waals surface area contributed by atoms with Gasteiger partial charge in [0.1, 0.15) is 0 Å². The number of hydrogen-bond donors (Lipinski definition) is 4. The van der Waals surface area contributed by atoms with Gasteiger partial charge in [-0.05, 0) is 42.7 Å². The average Bonchev–Trinajstić information content (AvgIpc) is 3.69. The Balaban J connectivity index is 1.27. The second-order valence-corrected chi connectivity index (χ2v) is 14.4. The summed E-state index contributed by atoms with van der Waals surface area (Å²) in [5.74, 6) is -1.01. The Bertz CT molecular complexity index is 1610. The van der Waals surface area contributed by atoms with E-state index in [1.165, 1.54) is 103 Å². The minimum absolute atomic E-state index is 0.170. The first kappa shape index (κ1) is 40.6. The van der Waals surface area contributed by atoms with Gasteiger partial charge in [-0.2, -0.15) is 0 Å². The molecule has 1 aliphatic heterocycles. The zero-order valence-electron chi connectivity index (χ0n) is 31.8. The number of unbranched alkanes of at least 4 members (excludes halogenated alkanes) is 18. The SMILES string of the molecule is CCCCCCCCCCCCNC(=O)c1cccc(C2=NC(=O)c3c(-c4cccc(C(=O)NCCCCCCCCCCCC)c4)[nH]c(O)c32)c1. The third-order valence-corrected chi connectivity index (χ3v) is 10.1. The maximum atomic E-state index is 13.3. The van der Waals surface area contributed by atoms with Gasteiger partial charge in [0.2, 0.25) is 0 Å². The Morgan fingerprint density at radius 2 is 1.02 bits per heavy atom. The van der Waals surface area contributed by atoms with E-state index in [0.29, 0.717) is 52.3 Å². The first-order valence-electron chi connectivity index (χ1n) is 20.3. The van der Waals surface area contributed by atoms with E-state index in [2.05, 4.69) is 34.5 Å². The number of amides is 3. The number of carbonyl (C=O) groups excluding carboxylic acids is 3. The molecule has 0 saturated carbocycles. The van der Waals surface area contributed by atoms with Crippen LogP contribution in [0.3, 0.4) is 0 Å². The quantitative estimate of drug-likeness (QED) is 0.0619. The number of rotatable bonds is 26. The van der Waals surface area contributed by atoms with Crippen molar-refractivity contribution in [1.82, 2.24) is 15.6 Å². The van der Waals surface area contributed by atoms with Gasteiger partial charge in [0, 0.05) is 29.8 Å². The number of H-pyrrole nitrogens is 1. The number of aromatic nitrogens is 1. The molecular formula is C44H62N4O4. The normalized spacial score (nSPS) is 12.2. The lowest BCUT2D eigenvalue weighted by atomic mass is 9.98. The lowest BCUT2D eigenvalue weighted by Gasteiger charge is -2.08. The first-order chi connectivity index (χ1) is 25.4. The molecular weight excluding hydrogens is 649 g/mol. The molecule has 0 saturated heterocycles. The molecule has 8 nitrogen and oxygen atoms in total. The summed E-state index contributed by atoms with van der Waals surface area (Å²) in [5.41, 5.74) is 3.41. The maximum Gasteiger partial charge on any atom is 0.280 e. The highest BCUT2D eigenvalue weighted by Gasteiger charge is 2.33. The third kappa shape index (κ3) is 12.5. The molecule has 52 heavy (non-hydrogen) atoms. The molecule has 3 aromatic rings. The molecule has 0 unspecified atom stereocenters. The van der Waals surface area contributed by atoms with Gasteiger partial charge in [-0.25, -0.2) is 4.99 Å². The summed E-state index contributed by atoms with van der Waals surface area (Å²) in [4.78, 5) is 46.5. The van der Waals surface area contributed by atoms with E-state index in [4.69, 9.17) is 0 Å². The van der Waals surface area contributed by atoms with E-state index in [1.54, 1.807) is 48.5 Å². The summed E-state index contributed by atoms with van der Waals surface area (Å²) >= 11 is 0. The number of hydrogen-bond acceptors (Lipinski definition) is 4. The van der Waals surface area contributed by atoms with E-state index in [-0.39, 0.29) is 23.3 Å². The molecule has 1 aromatic heterocycles. The van der Waals surface area contributed by atoms with E-state index >= 15 is 0 Å². The minimum Gasteiger partial charge on any atom is -0.494 e. The molecule has 1 aliphatic rings. The third-order valence-electron chi connectivity index (χ3n) is 10.1. The molecule has 0 radical (unpaired) electrons. The van der Waals surface area contributed by atoms with Crippen LogP contribution < -0.4 is 10.6 Å². The Morgan fingerprint density at radius 3 is 1.50 bits per heavy atom. The molecule has 4 N–H and O–H groups in total. The van der Waals surface area contributed by atoms with Crippen LogP contribution in [-0.4, -0.2) is 46.6 Å². The Morgan fingerprint density at radius 1 is 0.596 bits per heavy atom. The zero-order valence-corrected chi connectivity index (χ0v) is 31.8. The van der Waals surface area contributed by atoms with Crippen molar-refractivity contribution in [3.05, 3.63) is 76.3 Å². The van der Waals surface area contributed by atoms with E-state index in [0.717, 1.165) is 25.7 Å². The molecule has 3 amide bonds. The first-order valence-corrected chi connectivity index (χ1v) is 20.3. The molecule has 0 atom stereocenters. The van der Waals surface area contributed by atoms with Gasteiger partial charge in [0.15, 0.2) is 5.88 Å². The molecule has 0 aliphatic carbocycles. The van der Waals surface area contributed by atoms with E-state index in [1.807, 2.05) is 0 Å². The smallest absolute Gasteiger partial charge is 0.280 e. The monoisotopic (exact) mass is 710 g/mol. The van der Waals surface area contributed by atoms with Crippen LogP contribution in [0.4, 0.5) is 0 Å². The predicted molar refractivity (Wildman–Crippen MR) is 213 cm³/mol. The second-order valence-electron chi connectivity index (χ2n) is 14.4. The summed E-state index contributed by atoms with van der Waals surface area (Å²) in [7, 11) is 0. The molecule has 2 aromatic carbocycles. The molecule has 2 heterocycles. The number of carbonyl (C=O) groups is 3. The number of nitrogens with one attached hydrogen (secondary N) is 3. The fourth-order valence-corrected chi connectivity index (χ4v) is 7.03. The molecule has 8 heteroatoms. The Labute approximate surface area is 311 Å². The largest absolute Gasteiger partial charge is 0.494 e. The van der Waals surface area contributed by atoms with Crippen molar-refractivity contribution in [1.29, 1.82) is 0 Å². The van der Waals surface area contributed by atoms with Crippen LogP contribution in [0.15, 0.2) is 53.5 Å². The van der Waals surface area contributed by atoms with Crippen LogP contribution in [0, 0.1) is 0 Å². The lowest BCUT2D eigenvalue weighted by molar-refractivity contribution is 0.0944. The highest BCUT2D eigenvalue weighted by atomic mass is 16.3. The van der Waals surface area contributed by atoms with Crippen LogP contribution in [0.25, 0.3) is 11.3 Å². The fourth-order valence-electron chi connectivity index (χ4n) is 7.03. The summed E-state index contributed by atoms with van der Waals surface area (Å²) in [5, 5.41) is 17.1. The van der Waals surface area contributed by atoms with Gasteiger partial charge in [-0.1, -0.05) is 154 Å². The van der Waals surface area contributed by atoms with Gasteiger partial charge in [0.25, 0.3) is 17.7 Å². The van der Waals surface area contributed by atoms with E-state index < -0.39 is 5.91 Å². The summed E-state index contributed by atoms with van der Waals surface area (Å²) < 4.78 is 0. The fraction of sp³-hybridized carbons (Fsp3) is 0.545. The summed E-state index contributed by atoms with van der Waals surface area (Å²) in [6, 6.07) is 14.0. The van der Waals surface area contributed by atoms with Crippen LogP contribution >= 0.6 is 0 Å². The molecule has 282 valence electrons. The van der Waals surface area contributed by atoms with Crippen molar-refractivity contribution >= 4 is 23.4 Å². The number of nitrogens with zero attached hydrogens (tertiary/aromatic N) is 1. The van der Waals surface area contributed by atoms with Crippen LogP contribution in [0.2, 0.25) is 0 Å². The second kappa shape index (κ2) is 22.7. The van der Waals surface area contributed by atoms with Crippen molar-refractivity contribution in [2.45, 2.75) is 142 Å². The van der Waals surface area contributed by atoms with Crippen molar-refractivity contribution in [3.8, 4) is 17.1 Å². The lowest BCUT2D eigenvalue weighted by Crippen LogP contribution is -2.24. The highest BCUT2D eigenvalue weighted by molar-refractivity contribution is 6.30. The Hall–Kier alpha value is -4.20. The maximum absolute atomic E-state index is 13.3. The van der Waals surface area contributed by atoms with Gasteiger partial charge in [-0.15, -0.1) is 0 Å².